The molecular formula is C21H28N2O3S2. The van der Waals surface area contributed by atoms with Crippen molar-refractivity contribution in [2.45, 2.75) is 43.9 Å². The Morgan fingerprint density at radius 1 is 1.21 bits per heavy atom. The molecule has 2 aromatic rings. The summed E-state index contributed by atoms with van der Waals surface area (Å²) in [7, 11) is 5.22. The zero-order chi connectivity index (χ0) is 19.9. The van der Waals surface area contributed by atoms with Crippen LogP contribution in [0.1, 0.15) is 37.8 Å². The summed E-state index contributed by atoms with van der Waals surface area (Å²) in [6, 6.07) is 6.25. The van der Waals surface area contributed by atoms with E-state index >= 15 is 0 Å². The van der Waals surface area contributed by atoms with Gasteiger partial charge in [-0.1, -0.05) is 19.3 Å². The van der Waals surface area contributed by atoms with Gasteiger partial charge in [-0.15, -0.1) is 23.1 Å². The molecule has 1 aromatic heterocycles. The molecule has 1 saturated carbocycles. The van der Waals surface area contributed by atoms with Crippen molar-refractivity contribution in [3.63, 3.8) is 0 Å². The Balaban J connectivity index is 1.53. The van der Waals surface area contributed by atoms with E-state index in [4.69, 9.17) is 14.5 Å². The van der Waals surface area contributed by atoms with Crippen LogP contribution in [-0.2, 0) is 10.5 Å². The van der Waals surface area contributed by atoms with Gasteiger partial charge >= 0.3 is 0 Å². The topological polar surface area (TPSA) is 51.7 Å². The monoisotopic (exact) mass is 420 g/mol. The number of carbonyl (C=O) groups is 1. The average molecular weight is 421 g/mol. The highest BCUT2D eigenvalue weighted by molar-refractivity contribution is 7.99. The van der Waals surface area contributed by atoms with Gasteiger partial charge in [0.25, 0.3) is 0 Å². The van der Waals surface area contributed by atoms with Crippen LogP contribution in [0.25, 0.3) is 10.6 Å². The van der Waals surface area contributed by atoms with E-state index in [1.165, 1.54) is 19.3 Å². The van der Waals surface area contributed by atoms with Gasteiger partial charge in [0.15, 0.2) is 11.5 Å². The Labute approximate surface area is 175 Å². The Morgan fingerprint density at radius 3 is 2.68 bits per heavy atom. The van der Waals surface area contributed by atoms with Crippen molar-refractivity contribution in [1.82, 2.24) is 9.88 Å². The first-order chi connectivity index (χ1) is 13.6. The number of carbonyl (C=O) groups excluding carboxylic acids is 1. The fourth-order valence-electron chi connectivity index (χ4n) is 3.49. The van der Waals surface area contributed by atoms with Gasteiger partial charge in [-0.3, -0.25) is 4.79 Å². The van der Waals surface area contributed by atoms with Crippen molar-refractivity contribution in [1.29, 1.82) is 0 Å². The van der Waals surface area contributed by atoms with Crippen molar-refractivity contribution in [3.05, 3.63) is 29.3 Å². The second kappa shape index (κ2) is 10.2. The highest BCUT2D eigenvalue weighted by Gasteiger charge is 2.21. The molecule has 5 nitrogen and oxygen atoms in total. The molecule has 0 bridgehead atoms. The van der Waals surface area contributed by atoms with E-state index in [0.29, 0.717) is 23.3 Å². The van der Waals surface area contributed by atoms with Gasteiger partial charge in [0.2, 0.25) is 5.91 Å². The number of hydrogen-bond donors (Lipinski definition) is 0. The summed E-state index contributed by atoms with van der Waals surface area (Å²) in [4.78, 5) is 19.1. The second-order valence-corrected chi connectivity index (χ2v) is 8.85. The normalized spacial score (nSPS) is 14.7. The maximum absolute atomic E-state index is 12.5. The summed E-state index contributed by atoms with van der Waals surface area (Å²) in [5.74, 6) is 2.89. The molecule has 0 aliphatic heterocycles. The van der Waals surface area contributed by atoms with E-state index in [1.807, 2.05) is 30.1 Å². The molecule has 1 aliphatic carbocycles. The van der Waals surface area contributed by atoms with Crippen LogP contribution in [0.4, 0.5) is 0 Å². The van der Waals surface area contributed by atoms with E-state index in [1.54, 1.807) is 37.3 Å². The second-order valence-electron chi connectivity index (χ2n) is 7.00. The quantitative estimate of drug-likeness (QED) is 0.611. The Bertz CT molecular complexity index is 788. The van der Waals surface area contributed by atoms with E-state index in [9.17, 15) is 4.79 Å². The summed E-state index contributed by atoms with van der Waals surface area (Å²) in [5, 5.41) is 3.01. The third kappa shape index (κ3) is 5.20. The standard InChI is InChI=1S/C21H28N2O3S2/c1-23(17-7-5-4-6-8-17)20(24)14-27-12-16-13-28-21(22-16)15-9-10-18(25-2)19(11-15)26-3/h9-11,13,17H,4-8,12,14H2,1-3H3. The number of amides is 1. The Morgan fingerprint density at radius 2 is 1.96 bits per heavy atom. The average Bonchev–Trinajstić information content (AvgIpc) is 3.22. The third-order valence-electron chi connectivity index (χ3n) is 5.17. The lowest BCUT2D eigenvalue weighted by Crippen LogP contribution is -2.39. The van der Waals surface area contributed by atoms with E-state index in [-0.39, 0.29) is 5.91 Å². The molecule has 152 valence electrons. The first kappa shape index (κ1) is 21.0. The van der Waals surface area contributed by atoms with Crippen LogP contribution >= 0.6 is 23.1 Å². The highest BCUT2D eigenvalue weighted by atomic mass is 32.2. The van der Waals surface area contributed by atoms with Crippen molar-refractivity contribution in [2.24, 2.45) is 0 Å². The summed E-state index contributed by atoms with van der Waals surface area (Å²) >= 11 is 3.24. The molecule has 3 rings (SSSR count). The van der Waals surface area contributed by atoms with Gasteiger partial charge in [0.05, 0.1) is 25.7 Å². The third-order valence-corrected chi connectivity index (χ3v) is 7.06. The predicted octanol–water partition coefficient (Wildman–Crippen LogP) is 4.85. The first-order valence-electron chi connectivity index (χ1n) is 9.62. The zero-order valence-corrected chi connectivity index (χ0v) is 18.4. The van der Waals surface area contributed by atoms with Gasteiger partial charge in [-0.2, -0.15) is 0 Å². The lowest BCUT2D eigenvalue weighted by atomic mass is 9.94. The number of benzene rings is 1. The van der Waals surface area contributed by atoms with Crippen LogP contribution in [-0.4, -0.2) is 48.9 Å². The summed E-state index contributed by atoms with van der Waals surface area (Å²) in [6.45, 7) is 0. The summed E-state index contributed by atoms with van der Waals surface area (Å²) < 4.78 is 10.7. The first-order valence-corrected chi connectivity index (χ1v) is 11.7. The Kier molecular flexibility index (Phi) is 7.62. The van der Waals surface area contributed by atoms with Crippen LogP contribution in [0.2, 0.25) is 0 Å². The van der Waals surface area contributed by atoms with E-state index < -0.39 is 0 Å². The predicted molar refractivity (Wildman–Crippen MR) is 116 cm³/mol. The smallest absolute Gasteiger partial charge is 0.232 e. The van der Waals surface area contributed by atoms with Crippen molar-refractivity contribution in [2.75, 3.05) is 27.0 Å². The number of hydrogen-bond acceptors (Lipinski definition) is 6. The molecule has 0 unspecified atom stereocenters. The minimum absolute atomic E-state index is 0.229. The highest BCUT2D eigenvalue weighted by Crippen LogP contribution is 2.34. The minimum atomic E-state index is 0.229. The van der Waals surface area contributed by atoms with Crippen LogP contribution in [0, 0.1) is 0 Å². The molecule has 1 fully saturated rings. The number of aromatic nitrogens is 1. The zero-order valence-electron chi connectivity index (χ0n) is 16.8. The van der Waals surface area contributed by atoms with Crippen molar-refractivity contribution >= 4 is 29.0 Å². The fourth-order valence-corrected chi connectivity index (χ4v) is 5.25. The molecule has 0 spiro atoms. The molecule has 0 radical (unpaired) electrons. The van der Waals surface area contributed by atoms with Crippen LogP contribution in [0.3, 0.4) is 0 Å². The van der Waals surface area contributed by atoms with Crippen LogP contribution < -0.4 is 9.47 Å². The number of rotatable bonds is 8. The van der Waals surface area contributed by atoms with Gasteiger partial charge in [0.1, 0.15) is 5.01 Å². The van der Waals surface area contributed by atoms with Gasteiger partial charge in [-0.05, 0) is 31.0 Å². The van der Waals surface area contributed by atoms with Crippen molar-refractivity contribution < 1.29 is 14.3 Å². The molecule has 1 aliphatic rings. The van der Waals surface area contributed by atoms with E-state index in [0.717, 1.165) is 34.9 Å². The molecule has 0 N–H and O–H groups in total. The molecule has 0 atom stereocenters. The summed E-state index contributed by atoms with van der Waals surface area (Å²) in [6.07, 6.45) is 6.08. The molecule has 1 amide bonds. The number of methoxy groups -OCH3 is 2. The number of thioether (sulfide) groups is 1. The minimum Gasteiger partial charge on any atom is -0.493 e. The number of ether oxygens (including phenoxy) is 2. The maximum atomic E-state index is 12.5. The summed E-state index contributed by atoms with van der Waals surface area (Å²) in [5.41, 5.74) is 2.01. The Hall–Kier alpha value is -1.73. The molecule has 28 heavy (non-hydrogen) atoms. The largest absolute Gasteiger partial charge is 0.493 e. The fraction of sp³-hybridized carbons (Fsp3) is 0.524. The van der Waals surface area contributed by atoms with E-state index in [2.05, 4.69) is 5.38 Å². The SMILES string of the molecule is COc1ccc(-c2nc(CSCC(=O)N(C)C3CCCCC3)cs2)cc1OC. The molecule has 7 heteroatoms. The van der Waals surface area contributed by atoms with Gasteiger partial charge in [0, 0.05) is 29.8 Å². The van der Waals surface area contributed by atoms with Crippen molar-refractivity contribution in [3.8, 4) is 22.1 Å². The number of thiazole rings is 1. The molecule has 1 aromatic carbocycles. The maximum Gasteiger partial charge on any atom is 0.232 e. The molecule has 0 saturated heterocycles. The van der Waals surface area contributed by atoms with Gasteiger partial charge in [-0.25, -0.2) is 4.98 Å². The van der Waals surface area contributed by atoms with Crippen LogP contribution in [0.15, 0.2) is 23.6 Å². The number of nitrogens with zero attached hydrogens (tertiary/aromatic N) is 2. The molecule has 1 heterocycles. The van der Waals surface area contributed by atoms with Gasteiger partial charge < -0.3 is 14.4 Å². The lowest BCUT2D eigenvalue weighted by Gasteiger charge is -2.31. The molecular weight excluding hydrogens is 392 g/mol. The van der Waals surface area contributed by atoms with Crippen LogP contribution in [0.5, 0.6) is 11.5 Å². The lowest BCUT2D eigenvalue weighted by molar-refractivity contribution is -0.129.